The molecule has 0 aromatic heterocycles. The minimum atomic E-state index is -4.43. The quantitative estimate of drug-likeness (QED) is 0.841. The summed E-state index contributed by atoms with van der Waals surface area (Å²) in [6.07, 6.45) is 0. The minimum absolute atomic E-state index is 0.0440. The lowest BCUT2D eigenvalue weighted by Gasteiger charge is -2.32. The Balaban J connectivity index is 1.90. The Bertz CT molecular complexity index is 657. The summed E-state index contributed by atoms with van der Waals surface area (Å²) in [6, 6.07) is 15.9. The van der Waals surface area contributed by atoms with Gasteiger partial charge in [-0.15, -0.1) is 0 Å². The number of hydrogen-bond acceptors (Lipinski definition) is 4. The monoisotopic (exact) mass is 323 g/mol. The second kappa shape index (κ2) is 5.83. The van der Waals surface area contributed by atoms with Gasteiger partial charge < -0.3 is 14.7 Å². The van der Waals surface area contributed by atoms with Gasteiger partial charge in [-0.3, -0.25) is 4.52 Å². The number of anilines is 2. The van der Waals surface area contributed by atoms with Crippen molar-refractivity contribution in [3.8, 4) is 0 Å². The zero-order valence-corrected chi connectivity index (χ0v) is 12.8. The van der Waals surface area contributed by atoms with Crippen molar-refractivity contribution in [1.82, 2.24) is 0 Å². The SMILES string of the molecule is O=P(O)(O)OCCN1c2ccccc2Sc2ccccc21. The molecule has 0 unspecified atom stereocenters. The molecule has 0 atom stereocenters. The number of benzene rings is 2. The first kappa shape index (κ1) is 14.6. The summed E-state index contributed by atoms with van der Waals surface area (Å²) in [6.45, 7) is 0.331. The summed E-state index contributed by atoms with van der Waals surface area (Å²) in [5, 5.41) is 0. The molecule has 0 amide bonds. The number of rotatable bonds is 4. The first-order valence-electron chi connectivity index (χ1n) is 6.38. The molecule has 1 aliphatic heterocycles. The molecule has 0 saturated carbocycles. The van der Waals surface area contributed by atoms with Crippen LogP contribution in [-0.4, -0.2) is 22.9 Å². The molecule has 2 aromatic rings. The van der Waals surface area contributed by atoms with E-state index >= 15 is 0 Å². The highest BCUT2D eigenvalue weighted by Crippen LogP contribution is 2.47. The maximum absolute atomic E-state index is 10.8. The van der Waals surface area contributed by atoms with Gasteiger partial charge in [0.05, 0.1) is 18.0 Å². The van der Waals surface area contributed by atoms with Crippen LogP contribution in [0.25, 0.3) is 0 Å². The van der Waals surface area contributed by atoms with Crippen LogP contribution in [0.2, 0.25) is 0 Å². The highest BCUT2D eigenvalue weighted by Gasteiger charge is 2.23. The largest absolute Gasteiger partial charge is 0.469 e. The van der Waals surface area contributed by atoms with Crippen LogP contribution in [0.1, 0.15) is 0 Å². The van der Waals surface area contributed by atoms with Crippen molar-refractivity contribution in [3.05, 3.63) is 48.5 Å². The average molecular weight is 323 g/mol. The topological polar surface area (TPSA) is 70.0 Å². The number of fused-ring (bicyclic) bond motifs is 2. The van der Waals surface area contributed by atoms with Crippen molar-refractivity contribution in [2.75, 3.05) is 18.1 Å². The first-order valence-corrected chi connectivity index (χ1v) is 8.73. The van der Waals surface area contributed by atoms with Crippen LogP contribution in [-0.2, 0) is 9.09 Å². The second-order valence-corrected chi connectivity index (χ2v) is 6.84. The van der Waals surface area contributed by atoms with Crippen molar-refractivity contribution in [1.29, 1.82) is 0 Å². The maximum atomic E-state index is 10.8. The molecule has 0 saturated heterocycles. The van der Waals surface area contributed by atoms with Gasteiger partial charge in [0.25, 0.3) is 0 Å². The summed E-state index contributed by atoms with van der Waals surface area (Å²) >= 11 is 1.69. The van der Waals surface area contributed by atoms with Crippen molar-refractivity contribution in [3.63, 3.8) is 0 Å². The molecule has 110 valence electrons. The van der Waals surface area contributed by atoms with E-state index in [1.807, 2.05) is 53.4 Å². The Labute approximate surface area is 126 Å². The van der Waals surface area contributed by atoms with Crippen molar-refractivity contribution >= 4 is 31.0 Å². The molecule has 5 nitrogen and oxygen atoms in total. The molecule has 0 fully saturated rings. The van der Waals surface area contributed by atoms with E-state index < -0.39 is 7.82 Å². The fraction of sp³-hybridized carbons (Fsp3) is 0.143. The zero-order chi connectivity index (χ0) is 14.9. The Morgan fingerprint density at radius 2 is 1.52 bits per heavy atom. The Hall–Kier alpha value is -1.30. The molecule has 0 aliphatic carbocycles. The van der Waals surface area contributed by atoms with Gasteiger partial charge in [-0.05, 0) is 24.3 Å². The molecule has 21 heavy (non-hydrogen) atoms. The van der Waals surface area contributed by atoms with E-state index in [1.165, 1.54) is 0 Å². The molecule has 3 rings (SSSR count). The van der Waals surface area contributed by atoms with Gasteiger partial charge in [-0.2, -0.15) is 0 Å². The van der Waals surface area contributed by atoms with Crippen molar-refractivity contribution < 1.29 is 18.9 Å². The highest BCUT2D eigenvalue weighted by atomic mass is 32.2. The number of nitrogens with zero attached hydrogens (tertiary/aromatic N) is 1. The zero-order valence-electron chi connectivity index (χ0n) is 11.0. The van der Waals surface area contributed by atoms with E-state index in [0.717, 1.165) is 21.2 Å². The number of phosphoric acid groups is 1. The summed E-state index contributed by atoms with van der Waals surface area (Å²) in [5.41, 5.74) is 2.05. The number of hydrogen-bond donors (Lipinski definition) is 2. The lowest BCUT2D eigenvalue weighted by molar-refractivity contribution is 0.202. The van der Waals surface area contributed by atoms with Gasteiger partial charge in [0, 0.05) is 16.3 Å². The van der Waals surface area contributed by atoms with Crippen LogP contribution in [0.5, 0.6) is 0 Å². The molecule has 1 aliphatic rings. The van der Waals surface area contributed by atoms with E-state index in [0.29, 0.717) is 6.54 Å². The minimum Gasteiger partial charge on any atom is -0.337 e. The van der Waals surface area contributed by atoms with E-state index in [2.05, 4.69) is 4.52 Å². The molecule has 0 spiro atoms. The predicted octanol–water partition coefficient (Wildman–Crippen LogP) is 3.40. The van der Waals surface area contributed by atoms with Gasteiger partial charge >= 0.3 is 7.82 Å². The molecule has 2 aromatic carbocycles. The summed E-state index contributed by atoms with van der Waals surface area (Å²) in [4.78, 5) is 21.9. The van der Waals surface area contributed by atoms with E-state index in [9.17, 15) is 4.57 Å². The average Bonchev–Trinajstić information content (AvgIpc) is 2.45. The summed E-state index contributed by atoms with van der Waals surface area (Å²) < 4.78 is 15.4. The van der Waals surface area contributed by atoms with Crippen LogP contribution in [0.3, 0.4) is 0 Å². The third-order valence-electron chi connectivity index (χ3n) is 3.11. The molecular weight excluding hydrogens is 309 g/mol. The lowest BCUT2D eigenvalue weighted by Crippen LogP contribution is -2.24. The summed E-state index contributed by atoms with van der Waals surface area (Å²) in [7, 11) is -4.43. The fourth-order valence-corrected chi connectivity index (χ4v) is 3.69. The number of para-hydroxylation sites is 2. The van der Waals surface area contributed by atoms with Crippen molar-refractivity contribution in [2.45, 2.75) is 9.79 Å². The summed E-state index contributed by atoms with van der Waals surface area (Å²) in [5.74, 6) is 0. The Kier molecular flexibility index (Phi) is 4.06. The van der Waals surface area contributed by atoms with Gasteiger partial charge in [0.1, 0.15) is 0 Å². The van der Waals surface area contributed by atoms with E-state index in [-0.39, 0.29) is 6.61 Å². The van der Waals surface area contributed by atoms with Crippen LogP contribution < -0.4 is 4.90 Å². The standard InChI is InChI=1S/C14H14NO4PS/c16-20(17,18)19-10-9-15-11-5-1-3-7-13(11)21-14-8-4-2-6-12(14)15/h1-8H,9-10H2,(H2,16,17,18). The number of phosphoric ester groups is 1. The molecule has 1 heterocycles. The third-order valence-corrected chi connectivity index (χ3v) is 4.76. The van der Waals surface area contributed by atoms with Crippen LogP contribution in [0, 0.1) is 0 Å². The first-order chi connectivity index (χ1) is 10.0. The van der Waals surface area contributed by atoms with Gasteiger partial charge in [0.15, 0.2) is 0 Å². The Morgan fingerprint density at radius 1 is 1.00 bits per heavy atom. The highest BCUT2D eigenvalue weighted by molar-refractivity contribution is 7.99. The maximum Gasteiger partial charge on any atom is 0.469 e. The van der Waals surface area contributed by atoms with Gasteiger partial charge in [0.2, 0.25) is 0 Å². The fourth-order valence-electron chi connectivity index (χ4n) is 2.27. The molecule has 2 N–H and O–H groups in total. The van der Waals surface area contributed by atoms with Crippen LogP contribution in [0.15, 0.2) is 58.3 Å². The second-order valence-electron chi connectivity index (χ2n) is 4.51. The van der Waals surface area contributed by atoms with E-state index in [1.54, 1.807) is 11.8 Å². The van der Waals surface area contributed by atoms with Crippen LogP contribution in [0.4, 0.5) is 11.4 Å². The predicted molar refractivity (Wildman–Crippen MR) is 82.0 cm³/mol. The molecule has 0 radical (unpaired) electrons. The van der Waals surface area contributed by atoms with Crippen molar-refractivity contribution in [2.24, 2.45) is 0 Å². The normalized spacial score (nSPS) is 13.7. The smallest absolute Gasteiger partial charge is 0.337 e. The third kappa shape index (κ3) is 3.31. The Morgan fingerprint density at radius 3 is 2.05 bits per heavy atom. The molecule has 0 bridgehead atoms. The van der Waals surface area contributed by atoms with E-state index in [4.69, 9.17) is 9.79 Å². The van der Waals surface area contributed by atoms with Gasteiger partial charge in [-0.1, -0.05) is 36.0 Å². The lowest BCUT2D eigenvalue weighted by atomic mass is 10.2. The molecular formula is C14H14NO4PS. The molecule has 7 heteroatoms. The van der Waals surface area contributed by atoms with Crippen LogP contribution >= 0.6 is 19.6 Å². The van der Waals surface area contributed by atoms with Gasteiger partial charge in [-0.25, -0.2) is 4.57 Å².